The largest absolute Gasteiger partial charge is 0.508 e. The maximum absolute atomic E-state index is 14.2. The van der Waals surface area contributed by atoms with Gasteiger partial charge >= 0.3 is 5.97 Å². The molecule has 0 aliphatic carbocycles. The van der Waals surface area contributed by atoms with Crippen LogP contribution in [-0.2, 0) is 65.6 Å². The minimum Gasteiger partial charge on any atom is -0.508 e. The van der Waals surface area contributed by atoms with E-state index < -0.39 is 121 Å². The van der Waals surface area contributed by atoms with Crippen LogP contribution in [0.1, 0.15) is 154 Å². The summed E-state index contributed by atoms with van der Waals surface area (Å²) in [5.74, 6) is -9.48. The third-order valence-corrected chi connectivity index (χ3v) is 14.3. The molecular formula is C60H93N13O13. The van der Waals surface area contributed by atoms with E-state index in [0.29, 0.717) is 37.7 Å². The van der Waals surface area contributed by atoms with Gasteiger partial charge in [0.25, 0.3) is 0 Å². The number of hydrogen-bond acceptors (Lipinski definition) is 14. The third-order valence-electron chi connectivity index (χ3n) is 14.3. The van der Waals surface area contributed by atoms with Gasteiger partial charge in [0.1, 0.15) is 48.0 Å². The smallest absolute Gasteiger partial charge is 0.325 e. The lowest BCUT2D eigenvalue weighted by Gasteiger charge is -2.27. The molecule has 0 spiro atoms. The Balaban J connectivity index is 1.65. The molecular weight excluding hydrogens is 1110 g/mol. The van der Waals surface area contributed by atoms with Gasteiger partial charge in [-0.25, -0.2) is 0 Å². The Bertz CT molecular complexity index is 2670. The van der Waals surface area contributed by atoms with Gasteiger partial charge in [-0.3, -0.25) is 52.7 Å². The fraction of sp³-hybridized carbons (Fsp3) is 0.583. The monoisotopic (exact) mass is 1200 g/mol. The average Bonchev–Trinajstić information content (AvgIpc) is 2.95. The third kappa shape index (κ3) is 28.2. The summed E-state index contributed by atoms with van der Waals surface area (Å²) in [4.78, 5) is 148. The number of nitrogens with one attached hydrogen (secondary N) is 10. The number of carbonyl (C=O) groups is 11. The van der Waals surface area contributed by atoms with Crippen LogP contribution in [-0.4, -0.2) is 149 Å². The molecule has 2 aromatic carbocycles. The number of para-hydroxylation sites is 1. The van der Waals surface area contributed by atoms with Gasteiger partial charge in [-0.05, 0) is 101 Å². The van der Waals surface area contributed by atoms with E-state index in [-0.39, 0.29) is 56.9 Å². The van der Waals surface area contributed by atoms with Crippen LogP contribution in [0.3, 0.4) is 0 Å². The Morgan fingerprint density at radius 2 is 1.01 bits per heavy atom. The van der Waals surface area contributed by atoms with E-state index in [4.69, 9.17) is 17.2 Å². The van der Waals surface area contributed by atoms with Crippen molar-refractivity contribution in [2.75, 3.05) is 26.2 Å². The Morgan fingerprint density at radius 3 is 1.59 bits per heavy atom. The van der Waals surface area contributed by atoms with Crippen LogP contribution in [0.5, 0.6) is 5.75 Å². The molecule has 26 heteroatoms. The van der Waals surface area contributed by atoms with Gasteiger partial charge in [0.15, 0.2) is 0 Å². The van der Waals surface area contributed by atoms with Gasteiger partial charge in [-0.2, -0.15) is 0 Å². The average molecular weight is 1200 g/mol. The van der Waals surface area contributed by atoms with Crippen molar-refractivity contribution in [1.82, 2.24) is 52.8 Å². The van der Waals surface area contributed by atoms with Crippen molar-refractivity contribution in [2.24, 2.45) is 17.2 Å². The SMILES string of the molecule is CCCCCCCCCCCCCC(=O)N[C@@H](Cc1c[nH]c2ccccc12)C(=O)NCC(=O)NCC(=O)N[C@@H](C)C(=O)N[C@@H](CCCCN)C(=O)N[C@@H](CCCCN)C(=O)N[C@@H](Cc1ccc(O)cc1)C(=O)N[C@@H](CC(N)=O)C(=O)N[C@@H](C)C(=O)O. The van der Waals surface area contributed by atoms with E-state index in [2.05, 4.69) is 59.8 Å². The number of hydrogen-bond donors (Lipinski definition) is 15. The van der Waals surface area contributed by atoms with Crippen LogP contribution in [0.2, 0.25) is 0 Å². The van der Waals surface area contributed by atoms with Crippen molar-refractivity contribution < 1.29 is 63.0 Å². The highest BCUT2D eigenvalue weighted by atomic mass is 16.4. The predicted octanol–water partition coefficient (Wildman–Crippen LogP) is 1.24. The Kier molecular flexibility index (Phi) is 33.7. The summed E-state index contributed by atoms with van der Waals surface area (Å²) < 4.78 is 0. The first-order valence-corrected chi connectivity index (χ1v) is 30.0. The van der Waals surface area contributed by atoms with Crippen molar-refractivity contribution >= 4 is 75.9 Å². The number of fused-ring (bicyclic) bond motifs is 1. The minimum absolute atomic E-state index is 0.00487. The molecule has 0 saturated heterocycles. The standard InChI is InChI=1S/C60H93N13O13/c1-4-5-6-7-8-9-10-11-12-13-14-25-51(76)69-48(33-41-35-64-44-22-16-15-21-43(41)44)55(80)66-36-52(77)65-37-53(78)67-38(2)54(79)70-45(23-17-19-30-61)56(81)71-46(24-18-20-31-62)57(82)72-47(32-40-26-28-42(74)29-27-40)59(84)73-49(34-50(63)75)58(83)68-39(3)60(85)86/h15-16,21-22,26-29,35,38-39,45-49,64,74H,4-14,17-20,23-25,30-34,36-37,61-62H2,1-3H3,(H2,63,75)(H,65,77)(H,66,80)(H,67,78)(H,68,83)(H,69,76)(H,70,79)(H,71,81)(H,72,82)(H,73,84)(H,85,86)/t38-,39-,45-,46-,47-,48-,49-/m0/s1. The summed E-state index contributed by atoms with van der Waals surface area (Å²) in [7, 11) is 0. The first-order valence-electron chi connectivity index (χ1n) is 30.0. The molecule has 10 amide bonds. The van der Waals surface area contributed by atoms with Gasteiger partial charge in [0.2, 0.25) is 59.1 Å². The zero-order valence-corrected chi connectivity index (χ0v) is 50.0. The number of aromatic nitrogens is 1. The van der Waals surface area contributed by atoms with Gasteiger partial charge in [-0.1, -0.05) is 101 Å². The number of carboxylic acids is 1. The molecule has 0 fully saturated rings. The highest BCUT2D eigenvalue weighted by Gasteiger charge is 2.34. The molecule has 1 heterocycles. The predicted molar refractivity (Wildman–Crippen MR) is 323 cm³/mol. The van der Waals surface area contributed by atoms with E-state index >= 15 is 0 Å². The number of phenolic OH excluding ortho intramolecular Hbond substituents is 1. The summed E-state index contributed by atoms with van der Waals surface area (Å²) in [6.45, 7) is 4.05. The van der Waals surface area contributed by atoms with Crippen LogP contribution >= 0.6 is 0 Å². The number of aromatic amines is 1. The summed E-state index contributed by atoms with van der Waals surface area (Å²) >= 11 is 0. The van der Waals surface area contributed by atoms with E-state index in [9.17, 15) is 63.0 Å². The molecule has 0 unspecified atom stereocenters. The number of phenols is 1. The molecule has 3 rings (SSSR count). The number of aliphatic carboxylic acids is 1. The number of carbonyl (C=O) groups excluding carboxylic acids is 10. The van der Waals surface area contributed by atoms with Crippen molar-refractivity contribution in [2.45, 2.75) is 198 Å². The number of primary amides is 1. The first kappa shape index (κ1) is 72.1. The quantitative estimate of drug-likeness (QED) is 0.0354. The maximum atomic E-state index is 14.2. The number of amides is 10. The van der Waals surface area contributed by atoms with Crippen molar-refractivity contribution in [3.05, 3.63) is 65.9 Å². The lowest BCUT2D eigenvalue weighted by Crippen LogP contribution is -2.60. The fourth-order valence-electron chi connectivity index (χ4n) is 9.34. The molecule has 86 heavy (non-hydrogen) atoms. The summed E-state index contributed by atoms with van der Waals surface area (Å²) in [5.41, 5.74) is 18.9. The van der Waals surface area contributed by atoms with Gasteiger partial charge < -0.3 is 80.2 Å². The summed E-state index contributed by atoms with van der Waals surface area (Å²) in [6, 6.07) is 3.63. The van der Waals surface area contributed by atoms with E-state index in [0.717, 1.165) is 42.7 Å². The number of nitrogens with two attached hydrogens (primary N) is 3. The topological polar surface area (TPSA) is 430 Å². The Labute approximate surface area is 503 Å². The van der Waals surface area contributed by atoms with Crippen molar-refractivity contribution in [1.29, 1.82) is 0 Å². The number of aromatic hydroxyl groups is 1. The van der Waals surface area contributed by atoms with Gasteiger partial charge in [0, 0.05) is 36.4 Å². The van der Waals surface area contributed by atoms with Crippen molar-refractivity contribution in [3.8, 4) is 5.75 Å². The zero-order valence-electron chi connectivity index (χ0n) is 50.0. The van der Waals surface area contributed by atoms with Gasteiger partial charge in [-0.15, -0.1) is 0 Å². The van der Waals surface area contributed by atoms with E-state index in [1.54, 1.807) is 6.20 Å². The van der Waals surface area contributed by atoms with Crippen molar-refractivity contribution in [3.63, 3.8) is 0 Å². The van der Waals surface area contributed by atoms with E-state index in [1.807, 2.05) is 24.3 Å². The molecule has 476 valence electrons. The molecule has 0 aliphatic heterocycles. The van der Waals surface area contributed by atoms with E-state index in [1.165, 1.54) is 76.1 Å². The molecule has 3 aromatic rings. The molecule has 1 aromatic heterocycles. The number of benzene rings is 2. The molecule has 18 N–H and O–H groups in total. The molecule has 0 aliphatic rings. The lowest BCUT2D eigenvalue weighted by molar-refractivity contribution is -0.142. The van der Waals surface area contributed by atoms with Crippen LogP contribution in [0.15, 0.2) is 54.7 Å². The molecule has 7 atom stereocenters. The molecule has 26 nitrogen and oxygen atoms in total. The van der Waals surface area contributed by atoms with Crippen LogP contribution in [0, 0.1) is 0 Å². The second-order valence-corrected chi connectivity index (χ2v) is 21.7. The highest BCUT2D eigenvalue weighted by molar-refractivity contribution is 5.98. The van der Waals surface area contributed by atoms with Gasteiger partial charge in [0.05, 0.1) is 19.5 Å². The Morgan fingerprint density at radius 1 is 0.500 bits per heavy atom. The second kappa shape index (κ2) is 40.2. The number of rotatable bonds is 44. The highest BCUT2D eigenvalue weighted by Crippen LogP contribution is 2.20. The summed E-state index contributed by atoms with van der Waals surface area (Å²) in [5, 5.41) is 42.8. The Hall–Kier alpha value is -8.13. The molecule has 0 bridgehead atoms. The maximum Gasteiger partial charge on any atom is 0.325 e. The number of unbranched alkanes of at least 4 members (excludes halogenated alkanes) is 12. The normalized spacial score (nSPS) is 13.5. The first-order chi connectivity index (χ1) is 41.1. The van der Waals surface area contributed by atoms with Crippen LogP contribution in [0.25, 0.3) is 10.9 Å². The lowest BCUT2D eigenvalue weighted by atomic mass is 10.0. The zero-order chi connectivity index (χ0) is 63.4. The van der Waals surface area contributed by atoms with Crippen LogP contribution < -0.4 is 65.1 Å². The molecule has 0 saturated carbocycles. The second-order valence-electron chi connectivity index (χ2n) is 21.7. The summed E-state index contributed by atoms with van der Waals surface area (Å²) in [6.07, 6.45) is 15.1. The number of carboxylic acid groups (broad SMARTS) is 1. The van der Waals surface area contributed by atoms with Crippen LogP contribution in [0.4, 0.5) is 0 Å². The molecule has 0 radical (unpaired) electrons. The fourth-order valence-corrected chi connectivity index (χ4v) is 9.34. The minimum atomic E-state index is -1.67. The number of H-pyrrole nitrogens is 1.